The molecule has 39 heavy (non-hydrogen) atoms. The second kappa shape index (κ2) is 15.8. The number of benzene rings is 1. The van der Waals surface area contributed by atoms with Crippen LogP contribution in [0.4, 0.5) is 5.69 Å². The van der Waals surface area contributed by atoms with Crippen LogP contribution in [0.25, 0.3) is 0 Å². The number of hydrogen-bond donors (Lipinski definition) is 6. The summed E-state index contributed by atoms with van der Waals surface area (Å²) in [6, 6.07) is 9.45. The Balaban J connectivity index is 2.90. The van der Waals surface area contributed by atoms with Crippen LogP contribution in [0, 0.1) is 0 Å². The maximum atomic E-state index is 11.7. The summed E-state index contributed by atoms with van der Waals surface area (Å²) < 4.78 is 58.0. The molecule has 15 nitrogen and oxygen atoms in total. The van der Waals surface area contributed by atoms with E-state index >= 15 is 0 Å². The third-order valence-corrected chi connectivity index (χ3v) is 15.2. The zero-order valence-corrected chi connectivity index (χ0v) is 27.2. The van der Waals surface area contributed by atoms with Gasteiger partial charge in [-0.25, -0.2) is 0 Å². The molecule has 0 aromatic heterocycles. The predicted molar refractivity (Wildman–Crippen MR) is 150 cm³/mol. The van der Waals surface area contributed by atoms with E-state index in [0.717, 1.165) is 4.90 Å². The van der Waals surface area contributed by atoms with Crippen molar-refractivity contribution in [1.29, 1.82) is 0 Å². The number of nitrogens with zero attached hydrogens (tertiary/aromatic N) is 2. The highest BCUT2D eigenvalue weighted by atomic mass is 31.2. The van der Waals surface area contributed by atoms with E-state index < -0.39 is 59.0 Å². The average molecular weight is 655 g/mol. The van der Waals surface area contributed by atoms with Crippen molar-refractivity contribution in [2.24, 2.45) is 0 Å². The van der Waals surface area contributed by atoms with Crippen LogP contribution in [0.1, 0.15) is 12.8 Å². The summed E-state index contributed by atoms with van der Waals surface area (Å²) in [5, 5.41) is 0. The summed E-state index contributed by atoms with van der Waals surface area (Å²) in [6.07, 6.45) is -1.39. The van der Waals surface area contributed by atoms with Crippen LogP contribution < -0.4 is 4.90 Å². The van der Waals surface area contributed by atoms with Crippen LogP contribution >= 0.6 is 22.8 Å². The van der Waals surface area contributed by atoms with Gasteiger partial charge in [-0.05, 0) is 44.1 Å². The van der Waals surface area contributed by atoms with Crippen molar-refractivity contribution in [3.05, 3.63) is 30.3 Å². The molecule has 1 rings (SSSR count). The van der Waals surface area contributed by atoms with E-state index in [9.17, 15) is 43.1 Å². The average Bonchev–Trinajstić information content (AvgIpc) is 2.80. The molecule has 0 bridgehead atoms. The molecule has 0 spiro atoms. The molecular weight excluding hydrogens is 613 g/mol. The lowest BCUT2D eigenvalue weighted by Crippen LogP contribution is -2.54. The summed E-state index contributed by atoms with van der Waals surface area (Å²) in [4.78, 5) is 58.7. The highest BCUT2D eigenvalue weighted by Crippen LogP contribution is 2.41. The van der Waals surface area contributed by atoms with Gasteiger partial charge >= 0.3 is 40.2 Å². The molecule has 1 aromatic rings. The maximum absolute atomic E-state index is 11.7. The molecule has 0 amide bonds. The fourth-order valence-electron chi connectivity index (χ4n) is 3.91. The number of rotatable bonds is 20. The Labute approximate surface area is 231 Å². The van der Waals surface area contributed by atoms with E-state index in [1.54, 1.807) is 41.8 Å². The third-order valence-electron chi connectivity index (χ3n) is 5.69. The summed E-state index contributed by atoms with van der Waals surface area (Å²) in [7, 11) is -15.4. The number of anilines is 1. The number of para-hydroxylation sites is 1. The molecule has 1 atom stereocenters. The second-order valence-electron chi connectivity index (χ2n) is 9.15. The molecule has 20 heteroatoms. The lowest BCUT2D eigenvalue weighted by atomic mass is 10.3. The van der Waals surface area contributed by atoms with Crippen LogP contribution in [-0.2, 0) is 31.1 Å². The molecule has 0 aliphatic rings. The van der Waals surface area contributed by atoms with Gasteiger partial charge in [-0.1, -0.05) is 18.2 Å². The highest BCUT2D eigenvalue weighted by Gasteiger charge is 2.47. The molecule has 228 valence electrons. The van der Waals surface area contributed by atoms with Crippen molar-refractivity contribution in [3.63, 3.8) is 0 Å². The Morgan fingerprint density at radius 3 is 1.64 bits per heavy atom. The molecule has 6 N–H and O–H groups in total. The van der Waals surface area contributed by atoms with Crippen molar-refractivity contribution in [2.75, 3.05) is 58.2 Å². The molecule has 0 heterocycles. The zero-order valence-electron chi connectivity index (χ0n) is 22.5. The van der Waals surface area contributed by atoms with Crippen molar-refractivity contribution in [1.82, 2.24) is 4.90 Å². The summed E-state index contributed by atoms with van der Waals surface area (Å²) >= 11 is 0. The first-order chi connectivity index (χ1) is 17.8. The van der Waals surface area contributed by atoms with Crippen molar-refractivity contribution in [2.45, 2.75) is 31.5 Å². The van der Waals surface area contributed by atoms with Gasteiger partial charge in [-0.2, -0.15) is 0 Å². The van der Waals surface area contributed by atoms with E-state index in [1.807, 2.05) is 0 Å². The van der Waals surface area contributed by atoms with Gasteiger partial charge in [0.05, 0.1) is 0 Å². The van der Waals surface area contributed by atoms with E-state index in [2.05, 4.69) is 0 Å². The lowest BCUT2D eigenvalue weighted by molar-refractivity contribution is 0.134. The van der Waals surface area contributed by atoms with Crippen LogP contribution in [-0.4, -0.2) is 105 Å². The molecule has 0 saturated heterocycles. The fraction of sp³-hybridized carbons (Fsp3) is 0.684. The van der Waals surface area contributed by atoms with Crippen molar-refractivity contribution >= 4 is 45.8 Å². The first kappa shape index (κ1) is 36.7. The van der Waals surface area contributed by atoms with Crippen LogP contribution in [0.3, 0.4) is 0 Å². The minimum atomic E-state index is -4.55. The predicted octanol–water partition coefficient (Wildman–Crippen LogP) is 1.95. The Morgan fingerprint density at radius 2 is 1.21 bits per heavy atom. The maximum Gasteiger partial charge on any atom is 0.491 e. The van der Waals surface area contributed by atoms with Gasteiger partial charge in [0.2, 0.25) is 0 Å². The Hall–Kier alpha value is -0.296. The Kier molecular flexibility index (Phi) is 14.9. The standard InChI is InChI=1S/C19H41N2O13P3Si2/c1-31-38(4,14-8-12-20(16-35(22,23)24)17-36(25,26)27)34-39(32-2,33-3)15-9-13-21(18-37(28,29)30)19-10-6-5-7-11-19/h5-7,10-11H,8-9,12-18H2,1-4H3,(H2,22,23,24)(H2,25,26,27)(H2,28,29,30). The normalized spacial score (nSPS) is 14.9. The summed E-state index contributed by atoms with van der Waals surface area (Å²) in [6.45, 7) is 2.02. The van der Waals surface area contributed by atoms with Gasteiger partial charge in [-0.3, -0.25) is 18.6 Å². The van der Waals surface area contributed by atoms with E-state index in [-0.39, 0.29) is 19.5 Å². The van der Waals surface area contributed by atoms with Gasteiger partial charge < -0.3 is 51.7 Å². The lowest BCUT2D eigenvalue weighted by Gasteiger charge is -2.36. The molecule has 0 aliphatic carbocycles. The fourth-order valence-corrected chi connectivity index (χ4v) is 13.0. The molecule has 0 fully saturated rings. The molecular formula is C19H41N2O13P3Si2. The largest absolute Gasteiger partial charge is 0.491 e. The SMILES string of the molecule is CO[Si](C)(CCCN(CP(=O)(O)O)CP(=O)(O)O)O[Si](CCCN(CP(=O)(O)O)c1ccccc1)(OC)OC. The van der Waals surface area contributed by atoms with Crippen molar-refractivity contribution in [3.8, 4) is 0 Å². The Morgan fingerprint density at radius 1 is 0.718 bits per heavy atom. The van der Waals surface area contributed by atoms with E-state index in [4.69, 9.17) is 17.4 Å². The topological polar surface area (TPSA) is 216 Å². The van der Waals surface area contributed by atoms with Crippen LogP contribution in [0.2, 0.25) is 18.6 Å². The van der Waals surface area contributed by atoms with Gasteiger partial charge in [-0.15, -0.1) is 0 Å². The van der Waals surface area contributed by atoms with Gasteiger partial charge in [0, 0.05) is 39.6 Å². The monoisotopic (exact) mass is 654 g/mol. The molecule has 0 saturated carbocycles. The van der Waals surface area contributed by atoms with E-state index in [0.29, 0.717) is 24.2 Å². The summed E-state index contributed by atoms with van der Waals surface area (Å²) in [5.41, 5.74) is 0.648. The Bertz CT molecular complexity index is 982. The van der Waals surface area contributed by atoms with Gasteiger partial charge in [0.25, 0.3) is 0 Å². The molecule has 0 aliphatic heterocycles. The van der Waals surface area contributed by atoms with Gasteiger partial charge in [0.15, 0.2) is 0 Å². The van der Waals surface area contributed by atoms with Crippen LogP contribution in [0.15, 0.2) is 30.3 Å². The van der Waals surface area contributed by atoms with Crippen LogP contribution in [0.5, 0.6) is 0 Å². The minimum absolute atomic E-state index is 0.0194. The molecule has 1 unspecified atom stereocenters. The first-order valence-corrected chi connectivity index (χ1v) is 21.7. The highest BCUT2D eigenvalue weighted by molar-refractivity contribution is 7.52. The van der Waals surface area contributed by atoms with Crippen molar-refractivity contribution < 1.29 is 60.4 Å². The second-order valence-corrected chi connectivity index (χ2v) is 20.7. The van der Waals surface area contributed by atoms with Gasteiger partial charge in [0.1, 0.15) is 18.9 Å². The first-order valence-electron chi connectivity index (χ1n) is 11.9. The molecule has 1 aromatic carbocycles. The smallest absolute Gasteiger partial charge is 0.398 e. The summed E-state index contributed by atoms with van der Waals surface area (Å²) in [5.74, 6) is 0. The third kappa shape index (κ3) is 15.5. The minimum Gasteiger partial charge on any atom is -0.398 e. The quantitative estimate of drug-likeness (QED) is 0.0875. The number of hydrogen-bond acceptors (Lipinski definition) is 9. The van der Waals surface area contributed by atoms with E-state index in [1.165, 1.54) is 21.3 Å². The zero-order chi connectivity index (χ0) is 30.0. The molecule has 0 radical (unpaired) electrons.